The first-order valence-corrected chi connectivity index (χ1v) is 11.2. The predicted octanol–water partition coefficient (Wildman–Crippen LogP) is 2.92. The summed E-state index contributed by atoms with van der Waals surface area (Å²) in [6, 6.07) is 18.8. The van der Waals surface area contributed by atoms with Crippen molar-refractivity contribution in [1.82, 2.24) is 9.88 Å². The fourth-order valence-electron chi connectivity index (χ4n) is 4.21. The van der Waals surface area contributed by atoms with E-state index in [2.05, 4.69) is 26.9 Å². The third kappa shape index (κ3) is 5.34. The van der Waals surface area contributed by atoms with E-state index >= 15 is 0 Å². The van der Waals surface area contributed by atoms with Gasteiger partial charge in [0.2, 0.25) is 5.91 Å². The molecular weight excluding hydrogens is 440 g/mol. The summed E-state index contributed by atoms with van der Waals surface area (Å²) in [6.45, 7) is 2.47. The quantitative estimate of drug-likeness (QED) is 0.494. The molecule has 1 aromatic heterocycles. The number of hydrogen-bond acceptors (Lipinski definition) is 6. The monoisotopic (exact) mass is 466 g/mol. The molecule has 1 aliphatic rings. The summed E-state index contributed by atoms with van der Waals surface area (Å²) < 4.78 is 0. The van der Waals surface area contributed by atoms with Crippen molar-refractivity contribution in [3.8, 4) is 0 Å². The summed E-state index contributed by atoms with van der Waals surface area (Å²) in [5.41, 5.74) is 9.05. The van der Waals surface area contributed by atoms with Crippen LogP contribution in [0, 0.1) is 0 Å². The fourth-order valence-corrected chi connectivity index (χ4v) is 4.50. The Morgan fingerprint density at radius 3 is 2.58 bits per heavy atom. The number of carbonyl (C=O) groups is 1. The maximum absolute atomic E-state index is 11.5. The molecule has 2 heterocycles. The molecule has 1 fully saturated rings. The van der Waals surface area contributed by atoms with E-state index in [9.17, 15) is 15.0 Å². The molecule has 4 rings (SSSR count). The van der Waals surface area contributed by atoms with Crippen molar-refractivity contribution in [2.45, 2.75) is 18.8 Å². The van der Waals surface area contributed by atoms with Gasteiger partial charge in [0.25, 0.3) is 0 Å². The Labute approximate surface area is 198 Å². The number of nitrogens with two attached hydrogens (primary N) is 1. The summed E-state index contributed by atoms with van der Waals surface area (Å²) in [4.78, 5) is 20.3. The van der Waals surface area contributed by atoms with Crippen LogP contribution in [0.15, 0.2) is 66.9 Å². The second-order valence-electron chi connectivity index (χ2n) is 8.18. The smallest absolute Gasteiger partial charge is 0.248 e. The molecule has 0 radical (unpaired) electrons. The molecule has 7 nitrogen and oxygen atoms in total. The summed E-state index contributed by atoms with van der Waals surface area (Å²) in [5, 5.41) is 20.4. The van der Waals surface area contributed by atoms with Crippen molar-refractivity contribution in [2.24, 2.45) is 5.73 Å². The Kier molecular flexibility index (Phi) is 7.25. The first-order chi connectivity index (χ1) is 16.0. The van der Waals surface area contributed by atoms with Crippen molar-refractivity contribution in [3.05, 3.63) is 94.3 Å². The molecule has 4 N–H and O–H groups in total. The molecule has 33 heavy (non-hydrogen) atoms. The minimum absolute atomic E-state index is 0.00815. The van der Waals surface area contributed by atoms with E-state index < -0.39 is 12.0 Å². The highest BCUT2D eigenvalue weighted by molar-refractivity contribution is 6.33. The number of carbonyl (C=O) groups excluding carboxylic acids is 1. The van der Waals surface area contributed by atoms with Gasteiger partial charge in [-0.15, -0.1) is 0 Å². The van der Waals surface area contributed by atoms with Crippen molar-refractivity contribution in [1.29, 1.82) is 0 Å². The summed E-state index contributed by atoms with van der Waals surface area (Å²) in [7, 11) is 0. The fraction of sp³-hybridized carbons (Fsp3) is 0.280. The van der Waals surface area contributed by atoms with E-state index in [1.165, 1.54) is 0 Å². The van der Waals surface area contributed by atoms with E-state index in [-0.39, 0.29) is 12.6 Å². The minimum Gasteiger partial charge on any atom is -0.392 e. The first-order valence-electron chi connectivity index (χ1n) is 10.8. The van der Waals surface area contributed by atoms with Crippen LogP contribution < -0.4 is 10.6 Å². The zero-order valence-electron chi connectivity index (χ0n) is 18.1. The zero-order chi connectivity index (χ0) is 23.4. The van der Waals surface area contributed by atoms with E-state index in [0.29, 0.717) is 41.5 Å². The number of pyridine rings is 1. The van der Waals surface area contributed by atoms with E-state index in [1.807, 2.05) is 24.3 Å². The number of rotatable bonds is 7. The molecule has 0 spiro atoms. The third-order valence-corrected chi connectivity index (χ3v) is 6.30. The molecule has 0 bridgehead atoms. The van der Waals surface area contributed by atoms with Gasteiger partial charge in [-0.1, -0.05) is 48.0 Å². The molecule has 1 amide bonds. The topological polar surface area (TPSA) is 103 Å². The standard InChI is InChI=1S/C25H27ClN4O3/c26-20-12-19(25(27)33)7-9-22(20)30-11-10-29(14-23(30)18-4-2-1-3-5-18)15-24(32)21-8-6-17(16-31)13-28-21/h1-9,12-13,23-24,31-32H,10-11,14-16H2,(H2,27,33)/t23-,24?/m0/s1. The largest absolute Gasteiger partial charge is 0.392 e. The Morgan fingerprint density at radius 2 is 1.94 bits per heavy atom. The maximum Gasteiger partial charge on any atom is 0.248 e. The zero-order valence-corrected chi connectivity index (χ0v) is 18.9. The van der Waals surface area contributed by atoms with E-state index in [0.717, 1.165) is 17.8 Å². The summed E-state index contributed by atoms with van der Waals surface area (Å²) in [6.07, 6.45) is 0.847. The van der Waals surface area contributed by atoms with Gasteiger partial charge in [-0.25, -0.2) is 0 Å². The predicted molar refractivity (Wildman–Crippen MR) is 128 cm³/mol. The first kappa shape index (κ1) is 23.2. The highest BCUT2D eigenvalue weighted by Crippen LogP contribution is 2.36. The second kappa shape index (κ2) is 10.3. The molecule has 1 saturated heterocycles. The van der Waals surface area contributed by atoms with Gasteiger partial charge < -0.3 is 20.8 Å². The Morgan fingerprint density at radius 1 is 1.15 bits per heavy atom. The molecule has 1 unspecified atom stereocenters. The van der Waals surface area contributed by atoms with Crippen LogP contribution in [0.2, 0.25) is 5.02 Å². The molecule has 2 aromatic carbocycles. The SMILES string of the molecule is NC(=O)c1ccc(N2CCN(CC(O)c3ccc(CO)cn3)C[C@H]2c2ccccc2)c(Cl)c1. The Balaban J connectivity index is 1.55. The lowest BCUT2D eigenvalue weighted by molar-refractivity contribution is 0.0975. The molecule has 172 valence electrons. The van der Waals surface area contributed by atoms with Crippen LogP contribution >= 0.6 is 11.6 Å². The average Bonchev–Trinajstić information content (AvgIpc) is 2.84. The average molecular weight is 467 g/mol. The molecule has 0 aliphatic carbocycles. The van der Waals surface area contributed by atoms with Crippen LogP contribution in [0.25, 0.3) is 0 Å². The van der Waals surface area contributed by atoms with Crippen molar-refractivity contribution >= 4 is 23.2 Å². The van der Waals surface area contributed by atoms with Crippen LogP contribution in [-0.2, 0) is 6.61 Å². The van der Waals surface area contributed by atoms with Gasteiger partial charge in [0.1, 0.15) is 6.10 Å². The minimum atomic E-state index is -0.737. The summed E-state index contributed by atoms with van der Waals surface area (Å²) in [5.74, 6) is -0.512. The highest BCUT2D eigenvalue weighted by Gasteiger charge is 2.31. The van der Waals surface area contributed by atoms with Crippen molar-refractivity contribution < 1.29 is 15.0 Å². The van der Waals surface area contributed by atoms with Gasteiger partial charge in [-0.3, -0.25) is 14.7 Å². The number of piperazine rings is 1. The maximum atomic E-state index is 11.5. The number of aliphatic hydroxyl groups excluding tert-OH is 2. The molecule has 8 heteroatoms. The number of amides is 1. The number of halogens is 1. The summed E-state index contributed by atoms with van der Waals surface area (Å²) >= 11 is 6.56. The normalized spacial score (nSPS) is 17.7. The Hall–Kier alpha value is -2.97. The van der Waals surface area contributed by atoms with Gasteiger partial charge in [0.15, 0.2) is 0 Å². The van der Waals surface area contributed by atoms with Gasteiger partial charge in [-0.05, 0) is 35.4 Å². The van der Waals surface area contributed by atoms with Crippen molar-refractivity contribution in [3.63, 3.8) is 0 Å². The Bertz CT molecular complexity index is 1090. The molecule has 2 atom stereocenters. The van der Waals surface area contributed by atoms with Crippen LogP contribution in [0.3, 0.4) is 0 Å². The highest BCUT2D eigenvalue weighted by atomic mass is 35.5. The number of aliphatic hydroxyl groups is 2. The second-order valence-corrected chi connectivity index (χ2v) is 8.58. The van der Waals surface area contributed by atoms with Gasteiger partial charge in [0, 0.05) is 37.9 Å². The van der Waals surface area contributed by atoms with Crippen LogP contribution in [-0.4, -0.2) is 52.2 Å². The molecule has 1 aliphatic heterocycles. The van der Waals surface area contributed by atoms with Gasteiger partial charge in [-0.2, -0.15) is 0 Å². The van der Waals surface area contributed by atoms with Crippen LogP contribution in [0.5, 0.6) is 0 Å². The number of hydrogen-bond donors (Lipinski definition) is 3. The number of anilines is 1. The number of primary amides is 1. The van der Waals surface area contributed by atoms with E-state index in [1.54, 1.807) is 30.5 Å². The lowest BCUT2D eigenvalue weighted by Crippen LogP contribution is -2.49. The number of β-amino-alcohol motifs (C(OH)–C–C–N with tert-alkyl or cyclic N) is 1. The molecule has 0 saturated carbocycles. The van der Waals surface area contributed by atoms with Gasteiger partial charge >= 0.3 is 0 Å². The van der Waals surface area contributed by atoms with E-state index in [4.69, 9.17) is 17.3 Å². The third-order valence-electron chi connectivity index (χ3n) is 5.99. The number of benzene rings is 2. The lowest BCUT2D eigenvalue weighted by atomic mass is 10.0. The number of aromatic nitrogens is 1. The van der Waals surface area contributed by atoms with Gasteiger partial charge in [0.05, 0.1) is 29.1 Å². The molecular formula is C25H27ClN4O3. The van der Waals surface area contributed by atoms with Crippen LogP contribution in [0.1, 0.15) is 39.3 Å². The molecule has 3 aromatic rings. The number of nitrogens with zero attached hydrogens (tertiary/aromatic N) is 3. The lowest BCUT2D eigenvalue weighted by Gasteiger charge is -2.44. The van der Waals surface area contributed by atoms with Crippen LogP contribution in [0.4, 0.5) is 5.69 Å². The van der Waals surface area contributed by atoms with Crippen molar-refractivity contribution in [2.75, 3.05) is 31.1 Å².